The van der Waals surface area contributed by atoms with Crippen LogP contribution in [0.3, 0.4) is 0 Å². The van der Waals surface area contributed by atoms with Crippen molar-refractivity contribution in [2.24, 2.45) is 0 Å². The van der Waals surface area contributed by atoms with Crippen molar-refractivity contribution < 1.29 is 0 Å². The third-order valence-corrected chi connectivity index (χ3v) is 5.13. The van der Waals surface area contributed by atoms with Crippen LogP contribution in [0.25, 0.3) is 0 Å². The molecule has 2 atom stereocenters. The van der Waals surface area contributed by atoms with Gasteiger partial charge < -0.3 is 5.32 Å². The van der Waals surface area contributed by atoms with E-state index in [1.54, 1.807) is 22.7 Å². The monoisotopic (exact) mass is 305 g/mol. The molecule has 1 nitrogen and oxygen atoms in total. The van der Waals surface area contributed by atoms with Gasteiger partial charge in [-0.2, -0.15) is 0 Å². The quantitative estimate of drug-likeness (QED) is 0.783. The van der Waals surface area contributed by atoms with Gasteiger partial charge in [-0.25, -0.2) is 0 Å². The topological polar surface area (TPSA) is 12.0 Å². The summed E-state index contributed by atoms with van der Waals surface area (Å²) in [5.41, 5.74) is 1.23. The zero-order valence-electron chi connectivity index (χ0n) is 9.54. The van der Waals surface area contributed by atoms with Crippen molar-refractivity contribution in [2.75, 3.05) is 0 Å². The Hall–Kier alpha value is -0.0600. The standard InChI is InChI=1S/C12H13Cl2NS2/c1-7(9-5-12(14)16-6-9)15-8(2)10-3-4-11(13)17-10/h3-8,15H,1-2H3. The molecule has 0 aliphatic rings. The molecule has 0 saturated carbocycles. The van der Waals surface area contributed by atoms with Crippen LogP contribution in [0.5, 0.6) is 0 Å². The highest BCUT2D eigenvalue weighted by atomic mass is 35.5. The summed E-state index contributed by atoms with van der Waals surface area (Å²) in [6, 6.07) is 6.60. The summed E-state index contributed by atoms with van der Waals surface area (Å²) in [4.78, 5) is 1.25. The van der Waals surface area contributed by atoms with Crippen molar-refractivity contribution in [3.8, 4) is 0 Å². The highest BCUT2D eigenvalue weighted by Crippen LogP contribution is 2.30. The first-order valence-corrected chi connectivity index (χ1v) is 7.76. The molecule has 0 spiro atoms. The van der Waals surface area contributed by atoms with E-state index < -0.39 is 0 Å². The molecule has 0 amide bonds. The second-order valence-electron chi connectivity index (χ2n) is 3.94. The molecule has 0 fully saturated rings. The maximum absolute atomic E-state index is 5.94. The largest absolute Gasteiger partial charge is 0.303 e. The van der Waals surface area contributed by atoms with Gasteiger partial charge in [-0.15, -0.1) is 22.7 Å². The fourth-order valence-corrected chi connectivity index (χ4v) is 3.72. The minimum atomic E-state index is 0.287. The summed E-state index contributed by atoms with van der Waals surface area (Å²) in [5.74, 6) is 0. The molecule has 2 aromatic rings. The van der Waals surface area contributed by atoms with Crippen LogP contribution in [0.4, 0.5) is 0 Å². The smallest absolute Gasteiger partial charge is 0.0931 e. The van der Waals surface area contributed by atoms with Gasteiger partial charge in [0.25, 0.3) is 0 Å². The minimum absolute atomic E-state index is 0.287. The van der Waals surface area contributed by atoms with Crippen molar-refractivity contribution in [1.82, 2.24) is 5.32 Å². The number of thiophene rings is 2. The van der Waals surface area contributed by atoms with Crippen molar-refractivity contribution in [1.29, 1.82) is 0 Å². The van der Waals surface area contributed by atoms with Crippen LogP contribution >= 0.6 is 45.9 Å². The van der Waals surface area contributed by atoms with Crippen molar-refractivity contribution in [3.05, 3.63) is 42.7 Å². The highest BCUT2D eigenvalue weighted by molar-refractivity contribution is 7.16. The summed E-state index contributed by atoms with van der Waals surface area (Å²) in [7, 11) is 0. The second-order valence-corrected chi connectivity index (χ2v) is 7.23. The van der Waals surface area contributed by atoms with Crippen molar-refractivity contribution in [3.63, 3.8) is 0 Å². The maximum atomic E-state index is 5.94. The van der Waals surface area contributed by atoms with E-state index >= 15 is 0 Å². The Morgan fingerprint density at radius 1 is 1.12 bits per heavy atom. The zero-order chi connectivity index (χ0) is 12.4. The van der Waals surface area contributed by atoms with E-state index in [4.69, 9.17) is 23.2 Å². The van der Waals surface area contributed by atoms with Gasteiger partial charge in [0.1, 0.15) is 0 Å². The molecule has 92 valence electrons. The Balaban J connectivity index is 2.01. The Bertz CT molecular complexity index is 448. The molecule has 0 aromatic carbocycles. The molecule has 2 rings (SSSR count). The van der Waals surface area contributed by atoms with Gasteiger partial charge in [-0.1, -0.05) is 23.2 Å². The lowest BCUT2D eigenvalue weighted by atomic mass is 10.1. The molecule has 0 aliphatic heterocycles. The Labute approximate surface area is 119 Å². The molecule has 2 heterocycles. The normalized spacial score (nSPS) is 14.8. The van der Waals surface area contributed by atoms with Crippen LogP contribution in [0.1, 0.15) is 36.4 Å². The molecule has 2 unspecified atom stereocenters. The van der Waals surface area contributed by atoms with Gasteiger partial charge in [0.2, 0.25) is 0 Å². The molecule has 0 radical (unpaired) electrons. The molecule has 0 bridgehead atoms. The van der Waals surface area contributed by atoms with E-state index in [2.05, 4.69) is 30.6 Å². The Kier molecular flexibility index (Phi) is 4.50. The molecule has 1 N–H and O–H groups in total. The summed E-state index contributed by atoms with van der Waals surface area (Å²) in [6.45, 7) is 4.29. The number of nitrogens with one attached hydrogen (secondary N) is 1. The SMILES string of the molecule is CC(NC(C)c1ccc(Cl)s1)c1csc(Cl)c1. The van der Waals surface area contributed by atoms with Crippen LogP contribution in [0.15, 0.2) is 23.6 Å². The molecule has 2 aromatic heterocycles. The van der Waals surface area contributed by atoms with E-state index in [1.807, 2.05) is 12.1 Å². The van der Waals surface area contributed by atoms with E-state index in [0.717, 1.165) is 8.67 Å². The average molecular weight is 306 g/mol. The molecular weight excluding hydrogens is 293 g/mol. The first-order valence-electron chi connectivity index (χ1n) is 5.31. The minimum Gasteiger partial charge on any atom is -0.303 e. The zero-order valence-corrected chi connectivity index (χ0v) is 12.7. The van der Waals surface area contributed by atoms with Gasteiger partial charge in [0.15, 0.2) is 0 Å². The second kappa shape index (κ2) is 5.72. The number of hydrogen-bond acceptors (Lipinski definition) is 3. The van der Waals surface area contributed by atoms with Gasteiger partial charge in [-0.3, -0.25) is 0 Å². The lowest BCUT2D eigenvalue weighted by Crippen LogP contribution is -2.21. The van der Waals surface area contributed by atoms with Crippen molar-refractivity contribution in [2.45, 2.75) is 25.9 Å². The molecular formula is C12H13Cl2NS2. The Morgan fingerprint density at radius 2 is 1.88 bits per heavy atom. The molecule has 0 aliphatic carbocycles. The Morgan fingerprint density at radius 3 is 2.41 bits per heavy atom. The van der Waals surface area contributed by atoms with Gasteiger partial charge in [0, 0.05) is 17.0 Å². The maximum Gasteiger partial charge on any atom is 0.0931 e. The number of halogens is 2. The molecule has 5 heteroatoms. The first-order chi connectivity index (χ1) is 8.06. The van der Waals surface area contributed by atoms with E-state index in [-0.39, 0.29) is 6.04 Å². The lowest BCUT2D eigenvalue weighted by molar-refractivity contribution is 0.501. The van der Waals surface area contributed by atoms with Crippen LogP contribution in [-0.2, 0) is 0 Å². The van der Waals surface area contributed by atoms with Gasteiger partial charge in [0.05, 0.1) is 8.67 Å². The molecule has 17 heavy (non-hydrogen) atoms. The van der Waals surface area contributed by atoms with E-state index in [0.29, 0.717) is 6.04 Å². The van der Waals surface area contributed by atoms with E-state index in [1.165, 1.54) is 10.4 Å². The fraction of sp³-hybridized carbons (Fsp3) is 0.333. The predicted octanol–water partition coefficient (Wildman–Crippen LogP) is 5.53. The van der Waals surface area contributed by atoms with Gasteiger partial charge in [-0.05, 0) is 43.0 Å². The highest BCUT2D eigenvalue weighted by Gasteiger charge is 2.13. The summed E-state index contributed by atoms with van der Waals surface area (Å²) in [6.07, 6.45) is 0. The van der Waals surface area contributed by atoms with Crippen LogP contribution < -0.4 is 5.32 Å². The lowest BCUT2D eigenvalue weighted by Gasteiger charge is -2.18. The number of hydrogen-bond donors (Lipinski definition) is 1. The van der Waals surface area contributed by atoms with E-state index in [9.17, 15) is 0 Å². The van der Waals surface area contributed by atoms with Crippen molar-refractivity contribution >= 4 is 45.9 Å². The summed E-state index contributed by atoms with van der Waals surface area (Å²) >= 11 is 15.1. The van der Waals surface area contributed by atoms with Crippen LogP contribution in [-0.4, -0.2) is 0 Å². The third-order valence-electron chi connectivity index (χ3n) is 2.61. The third kappa shape index (κ3) is 3.46. The summed E-state index contributed by atoms with van der Waals surface area (Å²) in [5, 5.41) is 5.63. The summed E-state index contributed by atoms with van der Waals surface area (Å²) < 4.78 is 1.67. The van der Waals surface area contributed by atoms with Crippen LogP contribution in [0, 0.1) is 0 Å². The molecule has 0 saturated heterocycles. The predicted molar refractivity (Wildman–Crippen MR) is 78.6 cm³/mol. The first kappa shape index (κ1) is 13.4. The van der Waals surface area contributed by atoms with Crippen LogP contribution in [0.2, 0.25) is 8.67 Å². The fourth-order valence-electron chi connectivity index (χ4n) is 1.66. The average Bonchev–Trinajstić information content (AvgIpc) is 2.87. The van der Waals surface area contributed by atoms with Gasteiger partial charge >= 0.3 is 0 Å². The number of rotatable bonds is 4.